The van der Waals surface area contributed by atoms with Crippen LogP contribution in [0.1, 0.15) is 23.1 Å². The van der Waals surface area contributed by atoms with Gasteiger partial charge >= 0.3 is 0 Å². The minimum absolute atomic E-state index is 0.0931. The first kappa shape index (κ1) is 14.7. The summed E-state index contributed by atoms with van der Waals surface area (Å²) >= 11 is 0. The van der Waals surface area contributed by atoms with Crippen molar-refractivity contribution in [2.45, 2.75) is 19.5 Å². The second-order valence-electron chi connectivity index (χ2n) is 5.61. The summed E-state index contributed by atoms with van der Waals surface area (Å²) in [6, 6.07) is 5.75. The summed E-state index contributed by atoms with van der Waals surface area (Å²) in [5.74, 6) is 0.507. The zero-order valence-electron chi connectivity index (χ0n) is 12.7. The molecule has 2 heterocycles. The zero-order valence-corrected chi connectivity index (χ0v) is 12.7. The fourth-order valence-electron chi connectivity index (χ4n) is 2.84. The lowest BCUT2D eigenvalue weighted by Gasteiger charge is -2.34. The minimum atomic E-state index is -0.480. The van der Waals surface area contributed by atoms with E-state index < -0.39 is 6.04 Å². The van der Waals surface area contributed by atoms with Crippen molar-refractivity contribution in [3.05, 3.63) is 53.4 Å². The van der Waals surface area contributed by atoms with E-state index >= 15 is 0 Å². The summed E-state index contributed by atoms with van der Waals surface area (Å²) in [5, 5.41) is 2.85. The third-order valence-corrected chi connectivity index (χ3v) is 4.00. The Morgan fingerprint density at radius 2 is 2.27 bits per heavy atom. The number of carbonyl (C=O) groups is 1. The van der Waals surface area contributed by atoms with Crippen molar-refractivity contribution in [3.63, 3.8) is 0 Å². The molecule has 1 N–H and O–H groups in total. The minimum Gasteiger partial charge on any atom is -0.353 e. The van der Waals surface area contributed by atoms with E-state index in [9.17, 15) is 9.18 Å². The molecular weight excluding hydrogens is 283 g/mol. The normalized spacial score (nSPS) is 19.2. The fourth-order valence-corrected chi connectivity index (χ4v) is 2.84. The molecule has 1 aromatic carbocycles. The lowest BCUT2D eigenvalue weighted by atomic mass is 10.0. The first-order valence-corrected chi connectivity index (χ1v) is 7.30. The van der Waals surface area contributed by atoms with Crippen molar-refractivity contribution in [2.24, 2.45) is 7.05 Å². The number of rotatable bonds is 3. The summed E-state index contributed by atoms with van der Waals surface area (Å²) in [7, 11) is 1.94. The van der Waals surface area contributed by atoms with Crippen LogP contribution in [0.4, 0.5) is 4.39 Å². The molecule has 5 nitrogen and oxygen atoms in total. The molecule has 6 heteroatoms. The number of carbonyl (C=O) groups excluding carboxylic acids is 1. The Morgan fingerprint density at radius 1 is 1.45 bits per heavy atom. The second-order valence-corrected chi connectivity index (χ2v) is 5.61. The molecule has 0 bridgehead atoms. The van der Waals surface area contributed by atoms with E-state index in [0.29, 0.717) is 25.2 Å². The predicted octanol–water partition coefficient (Wildman–Crippen LogP) is 1.54. The van der Waals surface area contributed by atoms with E-state index in [1.54, 1.807) is 12.1 Å². The number of piperazine rings is 1. The molecule has 1 saturated heterocycles. The molecule has 1 atom stereocenters. The molecule has 0 spiro atoms. The van der Waals surface area contributed by atoms with Crippen LogP contribution < -0.4 is 5.32 Å². The van der Waals surface area contributed by atoms with Crippen molar-refractivity contribution in [1.82, 2.24) is 19.8 Å². The van der Waals surface area contributed by atoms with E-state index in [1.165, 1.54) is 12.1 Å². The number of imidazole rings is 1. The molecule has 22 heavy (non-hydrogen) atoms. The predicted molar refractivity (Wildman–Crippen MR) is 80.5 cm³/mol. The highest BCUT2D eigenvalue weighted by molar-refractivity contribution is 5.83. The molecule has 1 aromatic heterocycles. The van der Waals surface area contributed by atoms with Gasteiger partial charge in [-0.25, -0.2) is 9.37 Å². The Labute approximate surface area is 128 Å². The van der Waals surface area contributed by atoms with Gasteiger partial charge in [0.25, 0.3) is 0 Å². The molecule has 2 aromatic rings. The van der Waals surface area contributed by atoms with Crippen LogP contribution in [0.15, 0.2) is 30.5 Å². The van der Waals surface area contributed by atoms with Gasteiger partial charge < -0.3 is 9.88 Å². The van der Waals surface area contributed by atoms with Crippen LogP contribution in [-0.2, 0) is 18.4 Å². The highest BCUT2D eigenvalue weighted by Crippen LogP contribution is 2.25. The van der Waals surface area contributed by atoms with Crippen molar-refractivity contribution >= 4 is 5.91 Å². The second kappa shape index (κ2) is 5.88. The SMILES string of the molecule is Cc1nc(CN2CCNC(=O)C2c2cccc(F)c2)cn1C. The molecule has 0 aliphatic carbocycles. The molecule has 1 aliphatic rings. The molecule has 3 rings (SSSR count). The first-order chi connectivity index (χ1) is 10.5. The fraction of sp³-hybridized carbons (Fsp3) is 0.375. The van der Waals surface area contributed by atoms with Crippen LogP contribution in [0.2, 0.25) is 0 Å². The van der Waals surface area contributed by atoms with Gasteiger partial charge in [-0.05, 0) is 24.6 Å². The Kier molecular flexibility index (Phi) is 3.94. The van der Waals surface area contributed by atoms with Crippen LogP contribution in [0.5, 0.6) is 0 Å². The highest BCUT2D eigenvalue weighted by atomic mass is 19.1. The number of benzene rings is 1. The average molecular weight is 302 g/mol. The maximum Gasteiger partial charge on any atom is 0.242 e. The van der Waals surface area contributed by atoms with Crippen molar-refractivity contribution < 1.29 is 9.18 Å². The largest absolute Gasteiger partial charge is 0.353 e. The number of halogens is 1. The molecule has 0 saturated carbocycles. The summed E-state index contributed by atoms with van der Waals surface area (Å²) in [5.41, 5.74) is 1.58. The number of nitrogens with zero attached hydrogens (tertiary/aromatic N) is 3. The van der Waals surface area contributed by atoms with Gasteiger partial charge in [0.15, 0.2) is 0 Å². The van der Waals surface area contributed by atoms with Crippen LogP contribution in [0.3, 0.4) is 0 Å². The van der Waals surface area contributed by atoms with Gasteiger partial charge in [-0.2, -0.15) is 0 Å². The summed E-state index contributed by atoms with van der Waals surface area (Å²) in [4.78, 5) is 18.8. The third kappa shape index (κ3) is 2.87. The molecule has 1 amide bonds. The number of nitrogens with one attached hydrogen (secondary N) is 1. The van der Waals surface area contributed by atoms with Gasteiger partial charge in [0, 0.05) is 32.9 Å². The van der Waals surface area contributed by atoms with Gasteiger partial charge in [0.1, 0.15) is 17.7 Å². The number of hydrogen-bond acceptors (Lipinski definition) is 3. The monoisotopic (exact) mass is 302 g/mol. The quantitative estimate of drug-likeness (QED) is 0.936. The van der Waals surface area contributed by atoms with E-state index in [2.05, 4.69) is 10.3 Å². The maximum absolute atomic E-state index is 13.5. The lowest BCUT2D eigenvalue weighted by molar-refractivity contribution is -0.129. The van der Waals surface area contributed by atoms with E-state index in [4.69, 9.17) is 0 Å². The average Bonchev–Trinajstić information content (AvgIpc) is 2.77. The van der Waals surface area contributed by atoms with Gasteiger partial charge in [-0.1, -0.05) is 12.1 Å². The Balaban J connectivity index is 1.88. The molecule has 0 radical (unpaired) electrons. The highest BCUT2D eigenvalue weighted by Gasteiger charge is 2.31. The molecular formula is C16H19FN4O. The van der Waals surface area contributed by atoms with Crippen molar-refractivity contribution in [1.29, 1.82) is 0 Å². The lowest BCUT2D eigenvalue weighted by Crippen LogP contribution is -2.49. The first-order valence-electron chi connectivity index (χ1n) is 7.30. The number of hydrogen-bond donors (Lipinski definition) is 1. The maximum atomic E-state index is 13.5. The van der Waals surface area contributed by atoms with Crippen LogP contribution >= 0.6 is 0 Å². The van der Waals surface area contributed by atoms with E-state index in [1.807, 2.05) is 29.6 Å². The van der Waals surface area contributed by atoms with Crippen LogP contribution in [0, 0.1) is 12.7 Å². The summed E-state index contributed by atoms with van der Waals surface area (Å²) < 4.78 is 15.4. The molecule has 1 fully saturated rings. The van der Waals surface area contributed by atoms with E-state index in [0.717, 1.165) is 11.5 Å². The molecule has 1 aliphatic heterocycles. The Hall–Kier alpha value is -2.21. The Bertz CT molecular complexity index is 678. The van der Waals surface area contributed by atoms with Crippen LogP contribution in [0.25, 0.3) is 0 Å². The number of aromatic nitrogens is 2. The standard InChI is InChI=1S/C16H19FN4O/c1-11-19-14(9-20(11)2)10-21-7-6-18-16(22)15(21)12-4-3-5-13(17)8-12/h3-5,8-9,15H,6-7,10H2,1-2H3,(H,18,22). The smallest absolute Gasteiger partial charge is 0.242 e. The van der Waals surface area contributed by atoms with Crippen molar-refractivity contribution in [2.75, 3.05) is 13.1 Å². The number of amides is 1. The summed E-state index contributed by atoms with van der Waals surface area (Å²) in [6.07, 6.45) is 1.96. The molecule has 116 valence electrons. The Morgan fingerprint density at radius 3 is 2.95 bits per heavy atom. The van der Waals surface area contributed by atoms with Gasteiger partial charge in [-0.3, -0.25) is 9.69 Å². The van der Waals surface area contributed by atoms with E-state index in [-0.39, 0.29) is 11.7 Å². The van der Waals surface area contributed by atoms with Crippen LogP contribution in [-0.4, -0.2) is 33.4 Å². The van der Waals surface area contributed by atoms with Gasteiger partial charge in [-0.15, -0.1) is 0 Å². The zero-order chi connectivity index (χ0) is 15.7. The van der Waals surface area contributed by atoms with Gasteiger partial charge in [0.05, 0.1) is 5.69 Å². The summed E-state index contributed by atoms with van der Waals surface area (Å²) in [6.45, 7) is 3.81. The molecule has 1 unspecified atom stereocenters. The van der Waals surface area contributed by atoms with Gasteiger partial charge in [0.2, 0.25) is 5.91 Å². The van der Waals surface area contributed by atoms with Crippen molar-refractivity contribution in [3.8, 4) is 0 Å². The topological polar surface area (TPSA) is 50.2 Å². The third-order valence-electron chi connectivity index (χ3n) is 4.00. The number of aryl methyl sites for hydroxylation is 2.